The van der Waals surface area contributed by atoms with E-state index in [9.17, 15) is 0 Å². The lowest BCUT2D eigenvalue weighted by Crippen LogP contribution is -2.40. The zero-order valence-electron chi connectivity index (χ0n) is 10.8. The van der Waals surface area contributed by atoms with E-state index in [1.165, 1.54) is 51.6 Å². The number of rotatable bonds is 7. The molecule has 0 saturated carbocycles. The normalized spacial score (nSPS) is 23.6. The Kier molecular flexibility index (Phi) is 6.26. The quantitative estimate of drug-likeness (QED) is 0.698. The van der Waals surface area contributed by atoms with Gasteiger partial charge in [0.25, 0.3) is 0 Å². The van der Waals surface area contributed by atoms with Gasteiger partial charge in [-0.1, -0.05) is 26.7 Å². The fourth-order valence-electron chi connectivity index (χ4n) is 2.59. The summed E-state index contributed by atoms with van der Waals surface area (Å²) in [5.74, 6) is 0. The fraction of sp³-hybridized carbons (Fsp3) is 1.00. The third-order valence-electron chi connectivity index (χ3n) is 3.66. The molecule has 1 fully saturated rings. The second-order valence-electron chi connectivity index (χ2n) is 4.94. The van der Waals surface area contributed by atoms with Crippen molar-refractivity contribution in [3.63, 3.8) is 0 Å². The van der Waals surface area contributed by atoms with E-state index in [4.69, 9.17) is 0 Å². The molecular weight excluding hydrogens is 184 g/mol. The minimum absolute atomic E-state index is 0.755. The molecular formula is C13H28N2. The predicted molar refractivity (Wildman–Crippen MR) is 67.3 cm³/mol. The summed E-state index contributed by atoms with van der Waals surface area (Å²) in [6.45, 7) is 7.07. The van der Waals surface area contributed by atoms with Crippen LogP contribution in [0.3, 0.4) is 0 Å². The van der Waals surface area contributed by atoms with Crippen molar-refractivity contribution in [2.24, 2.45) is 0 Å². The van der Waals surface area contributed by atoms with E-state index >= 15 is 0 Å². The maximum absolute atomic E-state index is 3.58. The Hall–Kier alpha value is -0.0800. The van der Waals surface area contributed by atoms with Gasteiger partial charge in [0.05, 0.1) is 0 Å². The Balaban J connectivity index is 2.24. The minimum atomic E-state index is 0.755. The number of hydrogen-bond donors (Lipinski definition) is 1. The van der Waals surface area contributed by atoms with E-state index in [2.05, 4.69) is 31.1 Å². The second-order valence-corrected chi connectivity index (χ2v) is 4.94. The predicted octanol–water partition coefficient (Wildman–Crippen LogP) is 2.64. The maximum atomic E-state index is 3.58. The van der Waals surface area contributed by atoms with Crippen molar-refractivity contribution in [3.05, 3.63) is 0 Å². The molecule has 0 aromatic rings. The monoisotopic (exact) mass is 212 g/mol. The summed E-state index contributed by atoms with van der Waals surface area (Å²) in [4.78, 5) is 2.57. The molecule has 0 spiro atoms. The van der Waals surface area contributed by atoms with E-state index < -0.39 is 0 Å². The molecule has 2 nitrogen and oxygen atoms in total. The first kappa shape index (κ1) is 13.0. The fourth-order valence-corrected chi connectivity index (χ4v) is 2.59. The van der Waals surface area contributed by atoms with Crippen LogP contribution in [0.2, 0.25) is 0 Å². The summed E-state index contributed by atoms with van der Waals surface area (Å²) in [6, 6.07) is 1.55. The average Bonchev–Trinajstić information content (AvgIpc) is 2.71. The molecule has 1 rings (SSSR count). The summed E-state index contributed by atoms with van der Waals surface area (Å²) in [7, 11) is 2.30. The van der Waals surface area contributed by atoms with Gasteiger partial charge in [-0.05, 0) is 39.3 Å². The lowest BCUT2D eigenvalue weighted by Gasteiger charge is -2.29. The van der Waals surface area contributed by atoms with Gasteiger partial charge in [0.1, 0.15) is 0 Å². The number of likely N-dealkylation sites (N-methyl/N-ethyl adjacent to an activating group) is 1. The SMILES string of the molecule is CCCCC(CC)N(C)CC1CCCN1. The van der Waals surface area contributed by atoms with Crippen LogP contribution in [0.15, 0.2) is 0 Å². The van der Waals surface area contributed by atoms with Gasteiger partial charge < -0.3 is 10.2 Å². The van der Waals surface area contributed by atoms with Crippen LogP contribution >= 0.6 is 0 Å². The van der Waals surface area contributed by atoms with Crippen LogP contribution in [0.4, 0.5) is 0 Å². The van der Waals surface area contributed by atoms with Crippen molar-refractivity contribution in [2.75, 3.05) is 20.1 Å². The Morgan fingerprint density at radius 3 is 2.73 bits per heavy atom. The van der Waals surface area contributed by atoms with Gasteiger partial charge in [0.2, 0.25) is 0 Å². The lowest BCUT2D eigenvalue weighted by atomic mass is 10.1. The van der Waals surface area contributed by atoms with E-state index in [-0.39, 0.29) is 0 Å². The number of nitrogens with zero attached hydrogens (tertiary/aromatic N) is 1. The first-order valence-electron chi connectivity index (χ1n) is 6.71. The van der Waals surface area contributed by atoms with Gasteiger partial charge in [-0.25, -0.2) is 0 Å². The molecule has 0 aromatic heterocycles. The highest BCUT2D eigenvalue weighted by molar-refractivity contribution is 4.79. The molecule has 0 aromatic carbocycles. The molecule has 2 atom stereocenters. The summed E-state index contributed by atoms with van der Waals surface area (Å²) in [6.07, 6.45) is 8.10. The maximum Gasteiger partial charge on any atom is 0.0195 e. The van der Waals surface area contributed by atoms with E-state index in [1.54, 1.807) is 0 Å². The van der Waals surface area contributed by atoms with Gasteiger partial charge >= 0.3 is 0 Å². The topological polar surface area (TPSA) is 15.3 Å². The molecule has 1 aliphatic rings. The number of unbranched alkanes of at least 4 members (excludes halogenated alkanes) is 1. The third kappa shape index (κ3) is 4.52. The molecule has 2 heteroatoms. The Labute approximate surface area is 95.4 Å². The van der Waals surface area contributed by atoms with Gasteiger partial charge in [-0.3, -0.25) is 0 Å². The van der Waals surface area contributed by atoms with Gasteiger partial charge in [-0.2, -0.15) is 0 Å². The number of hydrogen-bond acceptors (Lipinski definition) is 2. The molecule has 2 unspecified atom stereocenters. The largest absolute Gasteiger partial charge is 0.313 e. The van der Waals surface area contributed by atoms with E-state index in [0.717, 1.165) is 12.1 Å². The summed E-state index contributed by atoms with van der Waals surface area (Å²) in [5.41, 5.74) is 0. The van der Waals surface area contributed by atoms with Crippen LogP contribution in [0.25, 0.3) is 0 Å². The first-order chi connectivity index (χ1) is 7.27. The third-order valence-corrected chi connectivity index (χ3v) is 3.66. The molecule has 0 bridgehead atoms. The zero-order valence-corrected chi connectivity index (χ0v) is 10.8. The van der Waals surface area contributed by atoms with Gasteiger partial charge in [0.15, 0.2) is 0 Å². The van der Waals surface area contributed by atoms with Gasteiger partial charge in [-0.15, -0.1) is 0 Å². The summed E-state index contributed by atoms with van der Waals surface area (Å²) in [5, 5.41) is 3.58. The Morgan fingerprint density at radius 2 is 2.20 bits per heavy atom. The average molecular weight is 212 g/mol. The molecule has 1 saturated heterocycles. The van der Waals surface area contributed by atoms with Crippen LogP contribution < -0.4 is 5.32 Å². The highest BCUT2D eigenvalue weighted by Crippen LogP contribution is 2.13. The highest BCUT2D eigenvalue weighted by Gasteiger charge is 2.19. The Morgan fingerprint density at radius 1 is 1.40 bits per heavy atom. The Bertz CT molecular complexity index is 153. The van der Waals surface area contributed by atoms with E-state index in [0.29, 0.717) is 0 Å². The summed E-state index contributed by atoms with van der Waals surface area (Å²) >= 11 is 0. The van der Waals surface area contributed by atoms with Crippen LogP contribution in [-0.4, -0.2) is 37.1 Å². The van der Waals surface area contributed by atoms with Crippen molar-refractivity contribution in [1.29, 1.82) is 0 Å². The highest BCUT2D eigenvalue weighted by atomic mass is 15.2. The van der Waals surface area contributed by atoms with E-state index in [1.807, 2.05) is 0 Å². The molecule has 0 aliphatic carbocycles. The molecule has 90 valence electrons. The zero-order chi connectivity index (χ0) is 11.1. The van der Waals surface area contributed by atoms with Crippen LogP contribution in [0.5, 0.6) is 0 Å². The van der Waals surface area contributed by atoms with Crippen LogP contribution in [0.1, 0.15) is 52.4 Å². The molecule has 1 heterocycles. The molecule has 1 N–H and O–H groups in total. The molecule has 0 amide bonds. The first-order valence-corrected chi connectivity index (χ1v) is 6.71. The molecule has 15 heavy (non-hydrogen) atoms. The van der Waals surface area contributed by atoms with Crippen LogP contribution in [0, 0.1) is 0 Å². The van der Waals surface area contributed by atoms with Crippen LogP contribution in [-0.2, 0) is 0 Å². The van der Waals surface area contributed by atoms with Crippen molar-refractivity contribution < 1.29 is 0 Å². The second kappa shape index (κ2) is 7.24. The van der Waals surface area contributed by atoms with Crippen molar-refractivity contribution in [2.45, 2.75) is 64.5 Å². The smallest absolute Gasteiger partial charge is 0.0195 e. The molecule has 1 aliphatic heterocycles. The molecule has 0 radical (unpaired) electrons. The standard InChI is InChI=1S/C13H28N2/c1-4-6-9-13(5-2)15(3)11-12-8-7-10-14-12/h12-14H,4-11H2,1-3H3. The van der Waals surface area contributed by atoms with Crippen molar-refractivity contribution in [1.82, 2.24) is 10.2 Å². The summed E-state index contributed by atoms with van der Waals surface area (Å²) < 4.78 is 0. The number of nitrogens with one attached hydrogen (secondary N) is 1. The lowest BCUT2D eigenvalue weighted by molar-refractivity contribution is 0.203. The van der Waals surface area contributed by atoms with Crippen molar-refractivity contribution >= 4 is 0 Å². The van der Waals surface area contributed by atoms with Gasteiger partial charge in [0, 0.05) is 18.6 Å². The van der Waals surface area contributed by atoms with Crippen molar-refractivity contribution in [3.8, 4) is 0 Å². The minimum Gasteiger partial charge on any atom is -0.313 e.